The zero-order valence-corrected chi connectivity index (χ0v) is 24.0. The summed E-state index contributed by atoms with van der Waals surface area (Å²) in [6, 6.07) is 18.2. The van der Waals surface area contributed by atoms with Crippen molar-refractivity contribution in [3.8, 4) is 0 Å². The molecule has 2 N–H and O–H groups in total. The number of amides is 2. The van der Waals surface area contributed by atoms with Crippen LogP contribution >= 0.6 is 0 Å². The standard InChI is InChI=1S/C33H38FN5O2/c1-32(2,3)31(41)39(17-24-8-5-4-7-23(24)16-38-18-26(34)19-38)20-29(40)37-27-11-10-22-14-33(15-25(22)13-27)21-36-30-28(33)9-6-12-35-30/h4-13,26H,14-21H2,1-3H3,(H,35,36)(H,37,40). The number of carbonyl (C=O) groups is 2. The normalized spacial score (nSPS) is 19.8. The molecule has 7 nitrogen and oxygen atoms in total. The lowest BCUT2D eigenvalue weighted by atomic mass is 9.80. The van der Waals surface area contributed by atoms with Crippen LogP contribution in [0.2, 0.25) is 0 Å². The molecule has 2 aliphatic heterocycles. The topological polar surface area (TPSA) is 77.6 Å². The van der Waals surface area contributed by atoms with E-state index in [1.165, 1.54) is 16.7 Å². The van der Waals surface area contributed by atoms with Crippen molar-refractivity contribution in [3.05, 3.63) is 88.6 Å². The van der Waals surface area contributed by atoms with Crippen molar-refractivity contribution in [1.82, 2.24) is 14.8 Å². The molecule has 8 heteroatoms. The quantitative estimate of drug-likeness (QED) is 0.442. The summed E-state index contributed by atoms with van der Waals surface area (Å²) < 4.78 is 13.4. The molecule has 1 fully saturated rings. The number of hydrogen-bond acceptors (Lipinski definition) is 5. The van der Waals surface area contributed by atoms with Crippen molar-refractivity contribution >= 4 is 23.3 Å². The minimum absolute atomic E-state index is 0.000949. The first-order chi connectivity index (χ1) is 19.6. The number of alkyl halides is 1. The molecule has 3 heterocycles. The van der Waals surface area contributed by atoms with Gasteiger partial charge in [-0.25, -0.2) is 9.37 Å². The van der Waals surface area contributed by atoms with E-state index in [1.807, 2.05) is 63.4 Å². The Bertz CT molecular complexity index is 1480. The minimum atomic E-state index is -0.766. The highest BCUT2D eigenvalue weighted by Crippen LogP contribution is 2.46. The number of likely N-dealkylation sites (tertiary alicyclic amines) is 1. The van der Waals surface area contributed by atoms with Crippen LogP contribution in [0.5, 0.6) is 0 Å². The van der Waals surface area contributed by atoms with Gasteiger partial charge in [-0.1, -0.05) is 57.2 Å². The van der Waals surface area contributed by atoms with E-state index in [9.17, 15) is 14.0 Å². The fourth-order valence-electron chi connectivity index (χ4n) is 6.47. The van der Waals surface area contributed by atoms with Gasteiger partial charge in [-0.3, -0.25) is 14.5 Å². The van der Waals surface area contributed by atoms with Crippen molar-refractivity contribution in [2.24, 2.45) is 5.41 Å². The fraction of sp³-hybridized carbons (Fsp3) is 0.424. The van der Waals surface area contributed by atoms with Gasteiger partial charge in [0.05, 0.1) is 0 Å². The van der Waals surface area contributed by atoms with Crippen LogP contribution in [0.3, 0.4) is 0 Å². The second-order valence-electron chi connectivity index (χ2n) is 12.9. The van der Waals surface area contributed by atoms with Gasteiger partial charge in [-0.2, -0.15) is 0 Å². The average Bonchev–Trinajstić information content (AvgIpc) is 3.47. The van der Waals surface area contributed by atoms with Gasteiger partial charge >= 0.3 is 0 Å². The molecular weight excluding hydrogens is 517 g/mol. The molecule has 41 heavy (non-hydrogen) atoms. The lowest BCUT2D eigenvalue weighted by Crippen LogP contribution is -2.47. The lowest BCUT2D eigenvalue weighted by molar-refractivity contribution is -0.142. The molecule has 2 amide bonds. The van der Waals surface area contributed by atoms with Gasteiger partial charge < -0.3 is 15.5 Å². The first-order valence-corrected chi connectivity index (χ1v) is 14.4. The molecule has 1 unspecified atom stereocenters. The van der Waals surface area contributed by atoms with Gasteiger partial charge in [0.25, 0.3) is 0 Å². The summed E-state index contributed by atoms with van der Waals surface area (Å²) in [5.41, 5.74) is 5.92. The van der Waals surface area contributed by atoms with E-state index >= 15 is 0 Å². The van der Waals surface area contributed by atoms with E-state index < -0.39 is 11.6 Å². The lowest BCUT2D eigenvalue weighted by Gasteiger charge is -2.35. The molecule has 0 saturated carbocycles. The summed E-state index contributed by atoms with van der Waals surface area (Å²) in [7, 11) is 0. The first kappa shape index (κ1) is 27.4. The third kappa shape index (κ3) is 5.58. The number of aromatic nitrogens is 1. The highest BCUT2D eigenvalue weighted by molar-refractivity contribution is 5.95. The number of benzene rings is 2. The van der Waals surface area contributed by atoms with Crippen LogP contribution in [0.4, 0.5) is 15.9 Å². The van der Waals surface area contributed by atoms with Crippen molar-refractivity contribution in [1.29, 1.82) is 0 Å². The van der Waals surface area contributed by atoms with E-state index in [2.05, 4.69) is 38.7 Å². The largest absolute Gasteiger partial charge is 0.369 e. The van der Waals surface area contributed by atoms with E-state index in [4.69, 9.17) is 0 Å². The second kappa shape index (κ2) is 10.6. The molecule has 0 bridgehead atoms. The molecule has 3 aromatic rings. The van der Waals surface area contributed by atoms with Crippen LogP contribution in [0.1, 0.15) is 48.6 Å². The average molecular weight is 556 g/mol. The smallest absolute Gasteiger partial charge is 0.244 e. The van der Waals surface area contributed by atoms with E-state index in [0.29, 0.717) is 26.2 Å². The maximum Gasteiger partial charge on any atom is 0.244 e. The van der Waals surface area contributed by atoms with Crippen LogP contribution in [0.15, 0.2) is 60.8 Å². The number of halogens is 1. The Morgan fingerprint density at radius 2 is 1.83 bits per heavy atom. The molecule has 1 aromatic heterocycles. The Hall–Kier alpha value is -3.78. The van der Waals surface area contributed by atoms with Crippen LogP contribution in [-0.4, -0.2) is 58.9 Å². The predicted molar refractivity (Wildman–Crippen MR) is 158 cm³/mol. The number of pyridine rings is 1. The van der Waals surface area contributed by atoms with Gasteiger partial charge in [0.1, 0.15) is 18.5 Å². The number of hydrogen-bond donors (Lipinski definition) is 2. The van der Waals surface area contributed by atoms with Crippen molar-refractivity contribution < 1.29 is 14.0 Å². The van der Waals surface area contributed by atoms with Crippen LogP contribution in [0.25, 0.3) is 0 Å². The summed E-state index contributed by atoms with van der Waals surface area (Å²) >= 11 is 0. The molecule has 2 aromatic carbocycles. The molecular formula is C33H38FN5O2. The Balaban J connectivity index is 1.16. The zero-order valence-electron chi connectivity index (χ0n) is 24.0. The second-order valence-corrected chi connectivity index (χ2v) is 12.9. The summed E-state index contributed by atoms with van der Waals surface area (Å²) in [4.78, 5) is 35.0. The maximum absolute atomic E-state index is 13.5. The number of fused-ring (bicyclic) bond motifs is 3. The molecule has 1 atom stereocenters. The van der Waals surface area contributed by atoms with Crippen LogP contribution in [-0.2, 0) is 40.9 Å². The third-order valence-electron chi connectivity index (χ3n) is 8.57. The highest BCUT2D eigenvalue weighted by Gasteiger charge is 2.44. The number of anilines is 2. The fourth-order valence-corrected chi connectivity index (χ4v) is 6.47. The monoisotopic (exact) mass is 555 g/mol. The third-order valence-corrected chi connectivity index (χ3v) is 8.57. The first-order valence-electron chi connectivity index (χ1n) is 14.4. The number of carbonyl (C=O) groups excluding carboxylic acids is 2. The molecule has 0 radical (unpaired) electrons. The maximum atomic E-state index is 13.5. The Labute approximate surface area is 241 Å². The van der Waals surface area contributed by atoms with Gasteiger partial charge in [0, 0.05) is 61.0 Å². The molecule has 1 aliphatic carbocycles. The predicted octanol–water partition coefficient (Wildman–Crippen LogP) is 4.71. The summed E-state index contributed by atoms with van der Waals surface area (Å²) in [5.74, 6) is 0.649. The summed E-state index contributed by atoms with van der Waals surface area (Å²) in [5, 5.41) is 6.52. The Morgan fingerprint density at radius 3 is 2.59 bits per heavy atom. The zero-order chi connectivity index (χ0) is 28.8. The Kier molecular flexibility index (Phi) is 7.06. The molecule has 6 rings (SSSR count). The van der Waals surface area contributed by atoms with E-state index in [1.54, 1.807) is 4.90 Å². The van der Waals surface area contributed by atoms with Gasteiger partial charge in [-0.15, -0.1) is 0 Å². The van der Waals surface area contributed by atoms with Crippen molar-refractivity contribution in [2.75, 3.05) is 36.8 Å². The van der Waals surface area contributed by atoms with Gasteiger partial charge in [0.15, 0.2) is 0 Å². The van der Waals surface area contributed by atoms with E-state index in [-0.39, 0.29) is 23.8 Å². The van der Waals surface area contributed by atoms with Gasteiger partial charge in [-0.05, 0) is 53.3 Å². The summed E-state index contributed by atoms with van der Waals surface area (Å²) in [6.07, 6.45) is 2.89. The molecule has 3 aliphatic rings. The van der Waals surface area contributed by atoms with Crippen LogP contribution in [0, 0.1) is 5.41 Å². The summed E-state index contributed by atoms with van der Waals surface area (Å²) in [6.45, 7) is 8.23. The number of nitrogens with zero attached hydrogens (tertiary/aromatic N) is 3. The van der Waals surface area contributed by atoms with E-state index in [0.717, 1.165) is 42.0 Å². The number of rotatable bonds is 7. The van der Waals surface area contributed by atoms with Crippen LogP contribution < -0.4 is 10.6 Å². The van der Waals surface area contributed by atoms with Crippen molar-refractivity contribution in [3.63, 3.8) is 0 Å². The molecule has 1 spiro atoms. The highest BCUT2D eigenvalue weighted by atomic mass is 19.1. The van der Waals surface area contributed by atoms with Gasteiger partial charge in [0.2, 0.25) is 11.8 Å². The molecule has 1 saturated heterocycles. The Morgan fingerprint density at radius 1 is 1.07 bits per heavy atom. The molecule has 214 valence electrons. The van der Waals surface area contributed by atoms with Crippen molar-refractivity contribution in [2.45, 2.75) is 58.3 Å². The number of nitrogens with one attached hydrogen (secondary N) is 2. The SMILES string of the molecule is CC(C)(C)C(=O)N(CC(=O)Nc1ccc2c(c1)CC1(CNc3ncccc31)C2)Cc1ccccc1CN1CC(F)C1. The minimum Gasteiger partial charge on any atom is -0.369 e.